The second-order valence-electron chi connectivity index (χ2n) is 13.7. The lowest BCUT2D eigenvalue weighted by Crippen LogP contribution is -2.05. The Bertz CT molecular complexity index is 3120. The largest absolute Gasteiger partial charge is 0.309 e. The SMILES string of the molecule is C1=CC(c2nc(-n3c4ccc(-c5ccc6c(c5)c5ccccc5n6-c5ccccc5)cc4c4c5ccccc5ccc43)nc3ccccc23)=CCC1. The highest BCUT2D eigenvalue weighted by Gasteiger charge is 2.20. The molecule has 0 bridgehead atoms. The summed E-state index contributed by atoms with van der Waals surface area (Å²) in [6.45, 7) is 0. The Balaban J connectivity index is 1.17. The van der Waals surface area contributed by atoms with Gasteiger partial charge in [0.2, 0.25) is 5.95 Å². The van der Waals surface area contributed by atoms with E-state index in [0.717, 1.165) is 51.7 Å². The van der Waals surface area contributed by atoms with Crippen molar-refractivity contribution in [1.29, 1.82) is 0 Å². The molecule has 0 aliphatic heterocycles. The first-order valence-corrected chi connectivity index (χ1v) is 18.0. The van der Waals surface area contributed by atoms with E-state index in [-0.39, 0.29) is 0 Å². The minimum Gasteiger partial charge on any atom is -0.309 e. The minimum atomic E-state index is 0.687. The van der Waals surface area contributed by atoms with E-state index in [9.17, 15) is 0 Å². The van der Waals surface area contributed by atoms with Crippen LogP contribution in [0.1, 0.15) is 18.5 Å². The number of hydrogen-bond donors (Lipinski definition) is 0. The maximum Gasteiger partial charge on any atom is 0.235 e. The second kappa shape index (κ2) is 11.4. The smallest absolute Gasteiger partial charge is 0.235 e. The van der Waals surface area contributed by atoms with Gasteiger partial charge in [-0.1, -0.05) is 115 Å². The molecule has 0 atom stereocenters. The highest BCUT2D eigenvalue weighted by atomic mass is 15.2. The van der Waals surface area contributed by atoms with Crippen molar-refractivity contribution in [3.63, 3.8) is 0 Å². The van der Waals surface area contributed by atoms with Crippen molar-refractivity contribution in [2.45, 2.75) is 12.8 Å². The highest BCUT2D eigenvalue weighted by molar-refractivity contribution is 6.22. The lowest BCUT2D eigenvalue weighted by Gasteiger charge is -2.13. The summed E-state index contributed by atoms with van der Waals surface area (Å²) in [6.07, 6.45) is 8.84. The Kier molecular flexibility index (Phi) is 6.34. The van der Waals surface area contributed by atoms with Crippen molar-refractivity contribution >= 4 is 70.9 Å². The van der Waals surface area contributed by atoms with E-state index in [1.165, 1.54) is 54.5 Å². The highest BCUT2D eigenvalue weighted by Crippen LogP contribution is 2.40. The molecule has 10 aromatic rings. The molecule has 11 rings (SSSR count). The van der Waals surface area contributed by atoms with Crippen LogP contribution in [-0.2, 0) is 0 Å². The van der Waals surface area contributed by atoms with Gasteiger partial charge in [0.1, 0.15) is 0 Å². The Morgan fingerprint density at radius 1 is 0.462 bits per heavy atom. The van der Waals surface area contributed by atoms with Crippen molar-refractivity contribution < 1.29 is 0 Å². The Hall–Kier alpha value is -6.78. The lowest BCUT2D eigenvalue weighted by molar-refractivity contribution is 0.996. The predicted octanol–water partition coefficient (Wildman–Crippen LogP) is 12.4. The van der Waals surface area contributed by atoms with Crippen molar-refractivity contribution in [2.75, 3.05) is 0 Å². The quantitative estimate of drug-likeness (QED) is 0.188. The average molecular weight is 665 g/mol. The fraction of sp³-hybridized carbons (Fsp3) is 0.0417. The zero-order valence-corrected chi connectivity index (χ0v) is 28.4. The van der Waals surface area contributed by atoms with Crippen molar-refractivity contribution in [2.24, 2.45) is 0 Å². The number of nitrogens with zero attached hydrogens (tertiary/aromatic N) is 4. The number of hydrogen-bond acceptors (Lipinski definition) is 2. The molecule has 0 unspecified atom stereocenters. The molecular formula is C48H32N4. The Morgan fingerprint density at radius 3 is 1.96 bits per heavy atom. The molecule has 0 saturated carbocycles. The number of allylic oxidation sites excluding steroid dienone is 4. The Morgan fingerprint density at radius 2 is 1.13 bits per heavy atom. The van der Waals surface area contributed by atoms with E-state index in [1.807, 2.05) is 0 Å². The van der Waals surface area contributed by atoms with Gasteiger partial charge >= 0.3 is 0 Å². The van der Waals surface area contributed by atoms with Gasteiger partial charge in [-0.25, -0.2) is 9.97 Å². The third-order valence-electron chi connectivity index (χ3n) is 10.7. The van der Waals surface area contributed by atoms with Gasteiger partial charge in [-0.15, -0.1) is 0 Å². The van der Waals surface area contributed by atoms with Crippen LogP contribution in [0.15, 0.2) is 170 Å². The molecule has 1 aliphatic rings. The van der Waals surface area contributed by atoms with Gasteiger partial charge in [-0.2, -0.15) is 0 Å². The van der Waals surface area contributed by atoms with E-state index in [0.29, 0.717) is 5.95 Å². The van der Waals surface area contributed by atoms with E-state index < -0.39 is 0 Å². The van der Waals surface area contributed by atoms with Crippen LogP contribution < -0.4 is 0 Å². The average Bonchev–Trinajstić information content (AvgIpc) is 3.73. The summed E-state index contributed by atoms with van der Waals surface area (Å²) in [4.78, 5) is 10.6. The molecule has 3 aromatic heterocycles. The number of rotatable bonds is 4. The molecule has 7 aromatic carbocycles. The van der Waals surface area contributed by atoms with Crippen LogP contribution in [0, 0.1) is 0 Å². The molecule has 3 heterocycles. The summed E-state index contributed by atoms with van der Waals surface area (Å²) in [5.41, 5.74) is 11.2. The van der Waals surface area contributed by atoms with Gasteiger partial charge < -0.3 is 4.57 Å². The molecule has 244 valence electrons. The number of aromatic nitrogens is 4. The second-order valence-corrected chi connectivity index (χ2v) is 13.7. The first-order valence-electron chi connectivity index (χ1n) is 18.0. The molecule has 1 aliphatic carbocycles. The van der Waals surface area contributed by atoms with Gasteiger partial charge in [0.25, 0.3) is 0 Å². The number of fused-ring (bicyclic) bond motifs is 9. The first kappa shape index (κ1) is 29.0. The van der Waals surface area contributed by atoms with E-state index in [2.05, 4.69) is 179 Å². The molecule has 0 N–H and O–H groups in total. The van der Waals surface area contributed by atoms with Crippen LogP contribution in [0.4, 0.5) is 0 Å². The Labute approximate surface area is 300 Å². The minimum absolute atomic E-state index is 0.687. The molecular weight excluding hydrogens is 633 g/mol. The molecule has 0 saturated heterocycles. The fourth-order valence-electron chi connectivity index (χ4n) is 8.37. The summed E-state index contributed by atoms with van der Waals surface area (Å²) in [7, 11) is 0. The van der Waals surface area contributed by atoms with Gasteiger partial charge in [0.15, 0.2) is 0 Å². The maximum atomic E-state index is 5.35. The van der Waals surface area contributed by atoms with E-state index >= 15 is 0 Å². The monoisotopic (exact) mass is 664 g/mol. The normalized spacial score (nSPS) is 13.3. The van der Waals surface area contributed by atoms with Crippen molar-refractivity contribution in [3.8, 4) is 22.8 Å². The van der Waals surface area contributed by atoms with Crippen molar-refractivity contribution in [1.82, 2.24) is 19.1 Å². The van der Waals surface area contributed by atoms with Crippen LogP contribution in [0.3, 0.4) is 0 Å². The molecule has 4 nitrogen and oxygen atoms in total. The van der Waals surface area contributed by atoms with Crippen LogP contribution in [0.2, 0.25) is 0 Å². The van der Waals surface area contributed by atoms with Crippen LogP contribution in [0.5, 0.6) is 0 Å². The van der Waals surface area contributed by atoms with Gasteiger partial charge in [0, 0.05) is 32.6 Å². The third-order valence-corrected chi connectivity index (χ3v) is 10.7. The number of benzene rings is 7. The van der Waals surface area contributed by atoms with Crippen LogP contribution >= 0.6 is 0 Å². The summed E-state index contributed by atoms with van der Waals surface area (Å²) in [6, 6.07) is 54.7. The fourth-order valence-corrected chi connectivity index (χ4v) is 8.37. The molecule has 0 fully saturated rings. The summed E-state index contributed by atoms with van der Waals surface area (Å²) >= 11 is 0. The standard InChI is InChI=1S/C48H32N4/c1-3-14-32(15-4-1)47-38-20-9-11-21-41(38)49-48(50-47)52-44-27-25-34(30-40(44)46-36-18-8-7-13-31(36)23-28-45(46)52)33-24-26-43-39(29-33)37-19-10-12-22-42(37)51(43)35-16-5-2-6-17-35/h2-3,5-30H,1,4H2. The first-order chi connectivity index (χ1) is 25.8. The maximum absolute atomic E-state index is 5.35. The molecule has 0 amide bonds. The molecule has 4 heteroatoms. The summed E-state index contributed by atoms with van der Waals surface area (Å²) in [5.74, 6) is 0.687. The predicted molar refractivity (Wildman–Crippen MR) is 218 cm³/mol. The van der Waals surface area contributed by atoms with Gasteiger partial charge in [-0.05, 0) is 94.9 Å². The summed E-state index contributed by atoms with van der Waals surface area (Å²) in [5, 5.41) is 8.40. The van der Waals surface area contributed by atoms with E-state index in [1.54, 1.807) is 0 Å². The topological polar surface area (TPSA) is 35.6 Å². The van der Waals surface area contributed by atoms with Gasteiger partial charge in [0.05, 0.1) is 33.3 Å². The molecule has 52 heavy (non-hydrogen) atoms. The van der Waals surface area contributed by atoms with Crippen molar-refractivity contribution in [3.05, 3.63) is 176 Å². The van der Waals surface area contributed by atoms with Crippen LogP contribution in [-0.4, -0.2) is 19.1 Å². The lowest BCUT2D eigenvalue weighted by atomic mass is 9.99. The number of para-hydroxylation sites is 3. The third kappa shape index (κ3) is 4.34. The summed E-state index contributed by atoms with van der Waals surface area (Å²) < 4.78 is 4.63. The molecule has 0 spiro atoms. The zero-order chi connectivity index (χ0) is 34.2. The van der Waals surface area contributed by atoms with E-state index in [4.69, 9.17) is 9.97 Å². The van der Waals surface area contributed by atoms with Gasteiger partial charge in [-0.3, -0.25) is 4.57 Å². The zero-order valence-electron chi connectivity index (χ0n) is 28.4. The molecule has 0 radical (unpaired) electrons. The van der Waals surface area contributed by atoms with Crippen LogP contribution in [0.25, 0.3) is 93.6 Å².